The maximum atomic E-state index is 13.3. The number of rotatable bonds is 12. The molecule has 0 radical (unpaired) electrons. The summed E-state index contributed by atoms with van der Waals surface area (Å²) in [6.45, 7) is 2.41. The highest BCUT2D eigenvalue weighted by molar-refractivity contribution is 7.98. The lowest BCUT2D eigenvalue weighted by Crippen LogP contribution is -2.49. The van der Waals surface area contributed by atoms with E-state index >= 15 is 0 Å². The Bertz CT molecular complexity index is 949. The van der Waals surface area contributed by atoms with E-state index in [0.29, 0.717) is 24.3 Å². The third kappa shape index (κ3) is 6.67. The van der Waals surface area contributed by atoms with Gasteiger partial charge in [-0.15, -0.1) is 0 Å². The molecule has 2 atom stereocenters. The van der Waals surface area contributed by atoms with Crippen LogP contribution in [0.25, 0.3) is 0 Å². The molecule has 1 saturated heterocycles. The van der Waals surface area contributed by atoms with Crippen molar-refractivity contribution in [3.8, 4) is 11.5 Å². The molecule has 1 aliphatic heterocycles. The zero-order valence-corrected chi connectivity index (χ0v) is 21.0. The van der Waals surface area contributed by atoms with Gasteiger partial charge < -0.3 is 20.1 Å². The van der Waals surface area contributed by atoms with Crippen LogP contribution in [0, 0.1) is 0 Å². The molecule has 2 N–H and O–H groups in total. The van der Waals surface area contributed by atoms with Gasteiger partial charge in [0.2, 0.25) is 5.91 Å². The average molecular weight is 486 g/mol. The second-order valence-electron chi connectivity index (χ2n) is 8.25. The number of likely N-dealkylation sites (tertiary alicyclic amines) is 1. The van der Waals surface area contributed by atoms with Gasteiger partial charge in [0.15, 0.2) is 0 Å². The van der Waals surface area contributed by atoms with E-state index in [4.69, 9.17) is 9.47 Å². The summed E-state index contributed by atoms with van der Waals surface area (Å²) in [5.74, 6) is 1.55. The number of hydrogen-bond acceptors (Lipinski definition) is 6. The van der Waals surface area contributed by atoms with Gasteiger partial charge in [-0.05, 0) is 62.6 Å². The molecule has 0 saturated carbocycles. The third-order valence-corrected chi connectivity index (χ3v) is 6.78. The maximum absolute atomic E-state index is 13.3. The number of thioether (sulfide) groups is 1. The minimum Gasteiger partial charge on any atom is -0.496 e. The summed E-state index contributed by atoms with van der Waals surface area (Å²) in [4.78, 5) is 28.6. The third-order valence-electron chi connectivity index (χ3n) is 6.13. The molecule has 0 bridgehead atoms. The van der Waals surface area contributed by atoms with Crippen molar-refractivity contribution in [2.24, 2.45) is 0 Å². The molecule has 2 aromatic carbocycles. The van der Waals surface area contributed by atoms with Crippen LogP contribution in [0.2, 0.25) is 0 Å². The quantitative estimate of drug-likeness (QED) is 0.479. The fourth-order valence-corrected chi connectivity index (χ4v) is 4.80. The van der Waals surface area contributed by atoms with Gasteiger partial charge in [-0.25, -0.2) is 0 Å². The minimum absolute atomic E-state index is 0.00807. The van der Waals surface area contributed by atoms with Crippen LogP contribution in [-0.2, 0) is 4.79 Å². The van der Waals surface area contributed by atoms with E-state index in [9.17, 15) is 9.59 Å². The average Bonchev–Trinajstić information content (AvgIpc) is 3.41. The predicted molar refractivity (Wildman–Crippen MR) is 137 cm³/mol. The van der Waals surface area contributed by atoms with Crippen molar-refractivity contribution in [1.29, 1.82) is 0 Å². The lowest BCUT2D eigenvalue weighted by molar-refractivity contribution is -0.123. The minimum atomic E-state index is -0.637. The van der Waals surface area contributed by atoms with Crippen molar-refractivity contribution < 1.29 is 19.1 Å². The summed E-state index contributed by atoms with van der Waals surface area (Å²) in [6, 6.07) is 14.4. The zero-order valence-electron chi connectivity index (χ0n) is 20.2. The van der Waals surface area contributed by atoms with Crippen LogP contribution >= 0.6 is 11.8 Å². The molecule has 3 rings (SSSR count). The summed E-state index contributed by atoms with van der Waals surface area (Å²) in [7, 11) is 3.20. The Morgan fingerprint density at radius 1 is 1.00 bits per heavy atom. The summed E-state index contributed by atoms with van der Waals surface area (Å²) >= 11 is 1.64. The Kier molecular flexibility index (Phi) is 10.1. The fraction of sp³-hybridized carbons (Fsp3) is 0.462. The molecule has 184 valence electrons. The van der Waals surface area contributed by atoms with Crippen molar-refractivity contribution >= 4 is 23.6 Å². The second-order valence-corrected chi connectivity index (χ2v) is 9.24. The molecule has 1 aliphatic rings. The number of para-hydroxylation sites is 2. The zero-order chi connectivity index (χ0) is 24.3. The normalized spacial score (nSPS) is 15.4. The maximum Gasteiger partial charge on any atom is 0.255 e. The van der Waals surface area contributed by atoms with Gasteiger partial charge in [-0.2, -0.15) is 11.8 Å². The van der Waals surface area contributed by atoms with Crippen LogP contribution in [0.1, 0.15) is 41.2 Å². The highest BCUT2D eigenvalue weighted by atomic mass is 32.2. The summed E-state index contributed by atoms with van der Waals surface area (Å²) < 4.78 is 10.9. The van der Waals surface area contributed by atoms with Gasteiger partial charge in [0, 0.05) is 12.1 Å². The topological polar surface area (TPSA) is 79.9 Å². The smallest absolute Gasteiger partial charge is 0.255 e. The number of ether oxygens (including phenoxy) is 2. The molecular formula is C26H35N3O4S. The summed E-state index contributed by atoms with van der Waals surface area (Å²) in [6.07, 6.45) is 4.81. The first kappa shape index (κ1) is 25.9. The highest BCUT2D eigenvalue weighted by Crippen LogP contribution is 2.31. The van der Waals surface area contributed by atoms with Gasteiger partial charge in [0.05, 0.1) is 25.8 Å². The highest BCUT2D eigenvalue weighted by Gasteiger charge is 2.28. The molecule has 7 nitrogen and oxygen atoms in total. The number of amides is 2. The molecule has 1 fully saturated rings. The van der Waals surface area contributed by atoms with E-state index in [1.54, 1.807) is 37.1 Å². The molecule has 34 heavy (non-hydrogen) atoms. The monoisotopic (exact) mass is 485 g/mol. The molecule has 2 amide bonds. The summed E-state index contributed by atoms with van der Waals surface area (Å²) in [5, 5.41) is 6.03. The molecule has 0 aliphatic carbocycles. The van der Waals surface area contributed by atoms with E-state index in [0.717, 1.165) is 43.0 Å². The Hall–Kier alpha value is -2.71. The van der Waals surface area contributed by atoms with Crippen molar-refractivity contribution in [3.63, 3.8) is 0 Å². The number of benzene rings is 2. The molecule has 1 heterocycles. The Morgan fingerprint density at radius 2 is 1.65 bits per heavy atom. The molecule has 0 aromatic heterocycles. The number of nitrogens with zero attached hydrogens (tertiary/aromatic N) is 1. The molecule has 0 unspecified atom stereocenters. The van der Waals surface area contributed by atoms with Crippen LogP contribution < -0.4 is 20.1 Å². The van der Waals surface area contributed by atoms with Crippen LogP contribution in [0.3, 0.4) is 0 Å². The molecular weight excluding hydrogens is 450 g/mol. The lowest BCUT2D eigenvalue weighted by atomic mass is 10.0. The van der Waals surface area contributed by atoms with E-state index < -0.39 is 6.04 Å². The number of carbonyl (C=O) groups excluding carboxylic acids is 2. The Balaban J connectivity index is 1.73. The van der Waals surface area contributed by atoms with E-state index in [1.807, 2.05) is 30.5 Å². The SMILES string of the molecule is COc1ccccc1C(=O)N[C@@H](CCSC)C(=O)NC[C@@H](c1ccccc1OC)N1CCCC1. The lowest BCUT2D eigenvalue weighted by Gasteiger charge is -2.30. The van der Waals surface area contributed by atoms with Crippen molar-refractivity contribution in [3.05, 3.63) is 59.7 Å². The van der Waals surface area contributed by atoms with Gasteiger partial charge in [-0.3, -0.25) is 14.5 Å². The Labute approximate surface area is 206 Å². The van der Waals surface area contributed by atoms with Gasteiger partial charge in [0.25, 0.3) is 5.91 Å². The number of nitrogens with one attached hydrogen (secondary N) is 2. The first-order chi connectivity index (χ1) is 16.6. The number of methoxy groups -OCH3 is 2. The standard InChI is InChI=1S/C26H35N3O4S/c1-32-23-12-6-4-10-19(23)22(29-15-8-9-16-29)18-27-26(31)21(14-17-34-3)28-25(30)20-11-5-7-13-24(20)33-2/h4-7,10-13,21-22H,8-9,14-18H2,1-3H3,(H,27,31)(H,28,30)/t21-,22-/m0/s1. The fourth-order valence-electron chi connectivity index (χ4n) is 4.32. The largest absolute Gasteiger partial charge is 0.496 e. The van der Waals surface area contributed by atoms with Crippen LogP contribution in [0.15, 0.2) is 48.5 Å². The number of hydrogen-bond donors (Lipinski definition) is 2. The van der Waals surface area contributed by atoms with Crippen molar-refractivity contribution in [2.45, 2.75) is 31.3 Å². The second kappa shape index (κ2) is 13.2. The van der Waals surface area contributed by atoms with Crippen molar-refractivity contribution in [2.75, 3.05) is 45.9 Å². The summed E-state index contributed by atoms with van der Waals surface area (Å²) in [5.41, 5.74) is 1.47. The van der Waals surface area contributed by atoms with Gasteiger partial charge in [0.1, 0.15) is 17.5 Å². The van der Waals surface area contributed by atoms with Crippen LogP contribution in [-0.4, -0.2) is 68.6 Å². The van der Waals surface area contributed by atoms with Gasteiger partial charge in [-0.1, -0.05) is 30.3 Å². The predicted octanol–water partition coefficient (Wildman–Crippen LogP) is 3.51. The van der Waals surface area contributed by atoms with Crippen molar-refractivity contribution in [1.82, 2.24) is 15.5 Å². The first-order valence-corrected chi connectivity index (χ1v) is 13.1. The van der Waals surface area contributed by atoms with E-state index in [2.05, 4.69) is 21.6 Å². The number of carbonyl (C=O) groups is 2. The van der Waals surface area contributed by atoms with E-state index in [-0.39, 0.29) is 17.9 Å². The van der Waals surface area contributed by atoms with Gasteiger partial charge >= 0.3 is 0 Å². The first-order valence-electron chi connectivity index (χ1n) is 11.7. The molecule has 0 spiro atoms. The molecule has 2 aromatic rings. The van der Waals surface area contributed by atoms with Crippen LogP contribution in [0.5, 0.6) is 11.5 Å². The van der Waals surface area contributed by atoms with Crippen LogP contribution in [0.4, 0.5) is 0 Å². The Morgan fingerprint density at radius 3 is 2.32 bits per heavy atom. The van der Waals surface area contributed by atoms with E-state index in [1.165, 1.54) is 7.11 Å². The molecule has 8 heteroatoms.